The predicted octanol–water partition coefficient (Wildman–Crippen LogP) is 1.66. The summed E-state index contributed by atoms with van der Waals surface area (Å²) in [5.41, 5.74) is 9.35. The summed E-state index contributed by atoms with van der Waals surface area (Å²) in [6, 6.07) is 6.39. The maximum absolute atomic E-state index is 9.29. The fourth-order valence-electron chi connectivity index (χ4n) is 2.61. The smallest absolute Gasteiger partial charge is 0.0546 e. The Bertz CT molecular complexity index is 386. The van der Waals surface area contributed by atoms with Crippen molar-refractivity contribution in [2.75, 3.05) is 18.5 Å². The molecule has 1 aromatic carbocycles. The minimum atomic E-state index is -0.0610. The van der Waals surface area contributed by atoms with Crippen LogP contribution in [0.25, 0.3) is 0 Å². The van der Waals surface area contributed by atoms with E-state index in [0.717, 1.165) is 19.4 Å². The predicted molar refractivity (Wildman–Crippen MR) is 71.1 cm³/mol. The maximum atomic E-state index is 9.29. The quantitative estimate of drug-likeness (QED) is 0.833. The third-order valence-corrected chi connectivity index (χ3v) is 3.65. The highest BCUT2D eigenvalue weighted by Crippen LogP contribution is 2.30. The lowest BCUT2D eigenvalue weighted by Crippen LogP contribution is -2.37. The van der Waals surface area contributed by atoms with Crippen LogP contribution in [-0.4, -0.2) is 24.8 Å². The Hall–Kier alpha value is -1.06. The van der Waals surface area contributed by atoms with Gasteiger partial charge in [0.05, 0.1) is 6.10 Å². The molecule has 3 N–H and O–H groups in total. The zero-order chi connectivity index (χ0) is 12.4. The Kier molecular flexibility index (Phi) is 3.69. The second kappa shape index (κ2) is 5.07. The maximum Gasteiger partial charge on any atom is 0.0546 e. The Morgan fingerprint density at radius 1 is 1.41 bits per heavy atom. The number of aliphatic hydroxyl groups excluding tert-OH is 1. The molecule has 17 heavy (non-hydrogen) atoms. The number of nitrogens with two attached hydrogens (primary N) is 1. The average Bonchev–Trinajstić information content (AvgIpc) is 2.26. The summed E-state index contributed by atoms with van der Waals surface area (Å²) >= 11 is 0. The third kappa shape index (κ3) is 2.79. The molecule has 0 unspecified atom stereocenters. The van der Waals surface area contributed by atoms with Gasteiger partial charge in [-0.05, 0) is 42.9 Å². The zero-order valence-electron chi connectivity index (χ0n) is 10.7. The number of hydrogen-bond acceptors (Lipinski definition) is 3. The highest BCUT2D eigenvalue weighted by molar-refractivity contribution is 5.54. The minimum Gasteiger partial charge on any atom is -0.393 e. The molecule has 1 aliphatic carbocycles. The van der Waals surface area contributed by atoms with E-state index in [9.17, 15) is 5.11 Å². The highest BCUT2D eigenvalue weighted by Gasteiger charge is 2.28. The molecule has 1 fully saturated rings. The summed E-state index contributed by atoms with van der Waals surface area (Å²) in [4.78, 5) is 2.28. The number of aliphatic hydroxyl groups is 1. The van der Waals surface area contributed by atoms with Gasteiger partial charge in [0.15, 0.2) is 0 Å². The van der Waals surface area contributed by atoms with E-state index in [1.54, 1.807) is 0 Å². The fraction of sp³-hybridized carbons (Fsp3) is 0.571. The molecule has 0 radical (unpaired) electrons. The number of benzene rings is 1. The van der Waals surface area contributed by atoms with Crippen molar-refractivity contribution in [2.45, 2.75) is 32.4 Å². The molecule has 3 heteroatoms. The van der Waals surface area contributed by atoms with Crippen molar-refractivity contribution >= 4 is 5.69 Å². The molecule has 1 saturated carbocycles. The van der Waals surface area contributed by atoms with Gasteiger partial charge in [0.25, 0.3) is 0 Å². The van der Waals surface area contributed by atoms with E-state index >= 15 is 0 Å². The first-order chi connectivity index (χ1) is 8.10. The molecular formula is C14H22N2O. The molecule has 3 nitrogen and oxygen atoms in total. The van der Waals surface area contributed by atoms with Gasteiger partial charge in [-0.25, -0.2) is 0 Å². The van der Waals surface area contributed by atoms with Crippen LogP contribution >= 0.6 is 0 Å². The molecule has 0 heterocycles. The monoisotopic (exact) mass is 234 g/mol. The first kappa shape index (κ1) is 12.4. The van der Waals surface area contributed by atoms with Gasteiger partial charge >= 0.3 is 0 Å². The van der Waals surface area contributed by atoms with Crippen molar-refractivity contribution in [2.24, 2.45) is 11.7 Å². The van der Waals surface area contributed by atoms with Crippen LogP contribution in [0.5, 0.6) is 0 Å². The van der Waals surface area contributed by atoms with E-state index in [1.165, 1.54) is 16.8 Å². The van der Waals surface area contributed by atoms with Gasteiger partial charge in [0.2, 0.25) is 0 Å². The van der Waals surface area contributed by atoms with Crippen LogP contribution in [0.2, 0.25) is 0 Å². The standard InChI is InChI=1S/C14H22N2O/c1-10-5-11(8-15)3-4-14(10)16(2)9-12-6-13(17)7-12/h3-5,12-13,17H,6-9,15H2,1-2H3. The van der Waals surface area contributed by atoms with Crippen LogP contribution in [0, 0.1) is 12.8 Å². The van der Waals surface area contributed by atoms with Crippen molar-refractivity contribution in [3.05, 3.63) is 29.3 Å². The lowest BCUT2D eigenvalue weighted by molar-refractivity contribution is 0.0465. The van der Waals surface area contributed by atoms with Gasteiger partial charge < -0.3 is 15.7 Å². The van der Waals surface area contributed by atoms with E-state index in [4.69, 9.17) is 5.73 Å². The summed E-state index contributed by atoms with van der Waals surface area (Å²) < 4.78 is 0. The normalized spacial score (nSPS) is 23.3. The van der Waals surface area contributed by atoms with Gasteiger partial charge in [-0.2, -0.15) is 0 Å². The van der Waals surface area contributed by atoms with E-state index < -0.39 is 0 Å². The Labute approximate surface area is 103 Å². The zero-order valence-corrected chi connectivity index (χ0v) is 10.7. The Morgan fingerprint density at radius 3 is 2.65 bits per heavy atom. The summed E-state index contributed by atoms with van der Waals surface area (Å²) in [6.45, 7) is 3.75. The molecule has 0 spiro atoms. The van der Waals surface area contributed by atoms with Crippen molar-refractivity contribution in [3.63, 3.8) is 0 Å². The molecular weight excluding hydrogens is 212 g/mol. The molecule has 0 amide bonds. The summed E-state index contributed by atoms with van der Waals surface area (Å²) in [5, 5.41) is 9.29. The van der Waals surface area contributed by atoms with Gasteiger partial charge in [-0.15, -0.1) is 0 Å². The first-order valence-corrected chi connectivity index (χ1v) is 6.29. The van der Waals surface area contributed by atoms with E-state index in [-0.39, 0.29) is 6.10 Å². The number of anilines is 1. The fourth-order valence-corrected chi connectivity index (χ4v) is 2.61. The van der Waals surface area contributed by atoms with Crippen LogP contribution in [-0.2, 0) is 6.54 Å². The van der Waals surface area contributed by atoms with Crippen LogP contribution in [0.1, 0.15) is 24.0 Å². The second-order valence-corrected chi connectivity index (χ2v) is 5.20. The largest absolute Gasteiger partial charge is 0.393 e. The summed E-state index contributed by atoms with van der Waals surface area (Å²) in [7, 11) is 2.12. The molecule has 2 rings (SSSR count). The average molecular weight is 234 g/mol. The van der Waals surface area contributed by atoms with Crippen LogP contribution in [0.15, 0.2) is 18.2 Å². The first-order valence-electron chi connectivity index (χ1n) is 6.29. The van der Waals surface area contributed by atoms with E-state index in [0.29, 0.717) is 12.5 Å². The lowest BCUT2D eigenvalue weighted by Gasteiger charge is -2.35. The van der Waals surface area contributed by atoms with Crippen molar-refractivity contribution < 1.29 is 5.11 Å². The van der Waals surface area contributed by atoms with Gasteiger partial charge in [-0.3, -0.25) is 0 Å². The number of aryl methyl sites for hydroxylation is 1. The van der Waals surface area contributed by atoms with Crippen molar-refractivity contribution in [1.29, 1.82) is 0 Å². The van der Waals surface area contributed by atoms with E-state index in [1.807, 2.05) is 0 Å². The third-order valence-electron chi connectivity index (χ3n) is 3.65. The Morgan fingerprint density at radius 2 is 2.12 bits per heavy atom. The number of hydrogen-bond donors (Lipinski definition) is 2. The molecule has 0 atom stereocenters. The van der Waals surface area contributed by atoms with Gasteiger partial charge in [0.1, 0.15) is 0 Å². The SMILES string of the molecule is Cc1cc(CN)ccc1N(C)CC1CC(O)C1. The molecule has 0 bridgehead atoms. The minimum absolute atomic E-state index is 0.0610. The lowest BCUT2D eigenvalue weighted by atomic mass is 9.82. The van der Waals surface area contributed by atoms with E-state index in [2.05, 4.69) is 37.1 Å². The topological polar surface area (TPSA) is 49.5 Å². The van der Waals surface area contributed by atoms with Crippen molar-refractivity contribution in [3.8, 4) is 0 Å². The molecule has 1 aliphatic rings. The van der Waals surface area contributed by atoms with Crippen LogP contribution < -0.4 is 10.6 Å². The van der Waals surface area contributed by atoms with Crippen molar-refractivity contribution in [1.82, 2.24) is 0 Å². The molecule has 0 aliphatic heterocycles. The molecule has 1 aromatic rings. The van der Waals surface area contributed by atoms with Crippen LogP contribution in [0.4, 0.5) is 5.69 Å². The number of nitrogens with zero attached hydrogens (tertiary/aromatic N) is 1. The Balaban J connectivity index is 2.01. The van der Waals surface area contributed by atoms with Gasteiger partial charge in [-0.1, -0.05) is 12.1 Å². The summed E-state index contributed by atoms with van der Waals surface area (Å²) in [6.07, 6.45) is 1.84. The van der Waals surface area contributed by atoms with Gasteiger partial charge in [0, 0.05) is 25.8 Å². The molecule has 0 aromatic heterocycles. The molecule has 0 saturated heterocycles. The number of rotatable bonds is 4. The second-order valence-electron chi connectivity index (χ2n) is 5.20. The highest BCUT2D eigenvalue weighted by atomic mass is 16.3. The van der Waals surface area contributed by atoms with Crippen LogP contribution in [0.3, 0.4) is 0 Å². The summed E-state index contributed by atoms with van der Waals surface area (Å²) in [5.74, 6) is 0.642. The molecule has 94 valence electrons.